The van der Waals surface area contributed by atoms with Gasteiger partial charge in [0.1, 0.15) is 0 Å². The van der Waals surface area contributed by atoms with Crippen LogP contribution in [0.3, 0.4) is 0 Å². The number of nitrogens with zero attached hydrogens (tertiary/aromatic N) is 1. The molecule has 0 aliphatic heterocycles. The zero-order chi connectivity index (χ0) is 12.8. The van der Waals surface area contributed by atoms with E-state index in [1.165, 1.54) is 64.3 Å². The molecule has 1 atom stereocenters. The van der Waals surface area contributed by atoms with Gasteiger partial charge in [-0.1, -0.05) is 39.0 Å². The number of likely N-dealkylation sites (N-methyl/N-ethyl adjacent to an activating group) is 2. The average Bonchev–Trinajstić information content (AvgIpc) is 2.93. The van der Waals surface area contributed by atoms with Crippen molar-refractivity contribution in [3.8, 4) is 0 Å². The van der Waals surface area contributed by atoms with Crippen LogP contribution in [-0.2, 0) is 0 Å². The Kier molecular flexibility index (Phi) is 5.97. The minimum absolute atomic E-state index is 0.740. The van der Waals surface area contributed by atoms with Crippen LogP contribution in [0.4, 0.5) is 0 Å². The lowest BCUT2D eigenvalue weighted by atomic mass is 9.92. The molecule has 2 rings (SSSR count). The lowest BCUT2D eigenvalue weighted by molar-refractivity contribution is 0.157. The number of rotatable bonds is 6. The summed E-state index contributed by atoms with van der Waals surface area (Å²) in [5, 5.41) is 3.75. The third-order valence-electron chi connectivity index (χ3n) is 5.12. The van der Waals surface area contributed by atoms with E-state index in [-0.39, 0.29) is 0 Å². The molecule has 1 unspecified atom stereocenters. The fraction of sp³-hybridized carbons (Fsp3) is 1.00. The van der Waals surface area contributed by atoms with Crippen LogP contribution in [0, 0.1) is 5.92 Å². The molecule has 2 aliphatic rings. The van der Waals surface area contributed by atoms with Crippen molar-refractivity contribution in [3.63, 3.8) is 0 Å². The fourth-order valence-electron chi connectivity index (χ4n) is 3.98. The van der Waals surface area contributed by atoms with E-state index >= 15 is 0 Å². The Hall–Kier alpha value is -0.0800. The highest BCUT2D eigenvalue weighted by atomic mass is 15.2. The molecule has 0 aromatic rings. The Labute approximate surface area is 114 Å². The highest BCUT2D eigenvalue weighted by Crippen LogP contribution is 2.29. The summed E-state index contributed by atoms with van der Waals surface area (Å²) in [7, 11) is 2.36. The second-order valence-corrected chi connectivity index (χ2v) is 6.44. The van der Waals surface area contributed by atoms with Crippen LogP contribution in [0.15, 0.2) is 0 Å². The molecule has 0 saturated heterocycles. The third-order valence-corrected chi connectivity index (χ3v) is 5.12. The Morgan fingerprint density at radius 2 is 1.61 bits per heavy atom. The first kappa shape index (κ1) is 14.3. The number of hydrogen-bond donors (Lipinski definition) is 1. The van der Waals surface area contributed by atoms with Crippen LogP contribution in [0.2, 0.25) is 0 Å². The predicted octanol–water partition coefficient (Wildman–Crippen LogP) is 3.42. The van der Waals surface area contributed by atoms with Crippen molar-refractivity contribution in [2.75, 3.05) is 20.1 Å². The van der Waals surface area contributed by atoms with Crippen LogP contribution < -0.4 is 5.32 Å². The normalized spacial score (nSPS) is 24.8. The molecule has 2 heteroatoms. The molecule has 0 heterocycles. The van der Waals surface area contributed by atoms with E-state index in [2.05, 4.69) is 24.2 Å². The highest BCUT2D eigenvalue weighted by molar-refractivity contribution is 4.84. The molecule has 0 aromatic carbocycles. The molecule has 0 spiro atoms. The van der Waals surface area contributed by atoms with Gasteiger partial charge in [-0.25, -0.2) is 0 Å². The summed E-state index contributed by atoms with van der Waals surface area (Å²) < 4.78 is 0. The van der Waals surface area contributed by atoms with Gasteiger partial charge in [0.25, 0.3) is 0 Å². The quantitative estimate of drug-likeness (QED) is 0.779. The van der Waals surface area contributed by atoms with Gasteiger partial charge >= 0.3 is 0 Å². The summed E-state index contributed by atoms with van der Waals surface area (Å²) in [6.07, 6.45) is 13.0. The van der Waals surface area contributed by atoms with E-state index in [0.717, 1.165) is 24.5 Å². The van der Waals surface area contributed by atoms with Gasteiger partial charge in [0.15, 0.2) is 0 Å². The van der Waals surface area contributed by atoms with E-state index in [4.69, 9.17) is 0 Å². The molecule has 106 valence electrons. The average molecular weight is 252 g/mol. The molecule has 2 aliphatic carbocycles. The Morgan fingerprint density at radius 1 is 1.00 bits per heavy atom. The molecular weight excluding hydrogens is 220 g/mol. The van der Waals surface area contributed by atoms with Gasteiger partial charge < -0.3 is 10.2 Å². The minimum Gasteiger partial charge on any atom is -0.313 e. The summed E-state index contributed by atoms with van der Waals surface area (Å²) in [5.74, 6) is 0.941. The summed E-state index contributed by atoms with van der Waals surface area (Å²) in [6, 6.07) is 1.60. The predicted molar refractivity (Wildman–Crippen MR) is 78.9 cm³/mol. The smallest absolute Gasteiger partial charge is 0.0223 e. The van der Waals surface area contributed by atoms with Gasteiger partial charge in [-0.15, -0.1) is 0 Å². The SMILES string of the molecule is CCNC(CN(C)C1CCCCC1)C1CCCC1. The van der Waals surface area contributed by atoms with E-state index in [0.29, 0.717) is 0 Å². The Morgan fingerprint density at radius 3 is 2.22 bits per heavy atom. The Balaban J connectivity index is 1.82. The molecule has 1 N–H and O–H groups in total. The minimum atomic E-state index is 0.740. The van der Waals surface area contributed by atoms with Crippen molar-refractivity contribution in [1.29, 1.82) is 0 Å². The molecular formula is C16H32N2. The van der Waals surface area contributed by atoms with Crippen molar-refractivity contribution in [1.82, 2.24) is 10.2 Å². The molecule has 0 bridgehead atoms. The maximum Gasteiger partial charge on any atom is 0.0223 e. The fourth-order valence-corrected chi connectivity index (χ4v) is 3.98. The van der Waals surface area contributed by atoms with Crippen LogP contribution in [-0.4, -0.2) is 37.1 Å². The molecule has 2 nitrogen and oxygen atoms in total. The lowest BCUT2D eigenvalue weighted by Crippen LogP contribution is -2.47. The van der Waals surface area contributed by atoms with Gasteiger partial charge in [0, 0.05) is 18.6 Å². The van der Waals surface area contributed by atoms with Gasteiger partial charge in [-0.2, -0.15) is 0 Å². The molecule has 2 fully saturated rings. The van der Waals surface area contributed by atoms with Gasteiger partial charge in [0.2, 0.25) is 0 Å². The van der Waals surface area contributed by atoms with Crippen molar-refractivity contribution < 1.29 is 0 Å². The van der Waals surface area contributed by atoms with Crippen LogP contribution in [0.25, 0.3) is 0 Å². The van der Waals surface area contributed by atoms with Crippen molar-refractivity contribution in [3.05, 3.63) is 0 Å². The zero-order valence-corrected chi connectivity index (χ0v) is 12.5. The van der Waals surface area contributed by atoms with Gasteiger partial charge in [-0.3, -0.25) is 0 Å². The molecule has 0 radical (unpaired) electrons. The highest BCUT2D eigenvalue weighted by Gasteiger charge is 2.27. The number of nitrogens with one attached hydrogen (secondary N) is 1. The van der Waals surface area contributed by atoms with E-state index in [9.17, 15) is 0 Å². The van der Waals surface area contributed by atoms with Crippen LogP contribution in [0.1, 0.15) is 64.7 Å². The largest absolute Gasteiger partial charge is 0.313 e. The maximum atomic E-state index is 3.75. The summed E-state index contributed by atoms with van der Waals surface area (Å²) in [6.45, 7) is 4.64. The van der Waals surface area contributed by atoms with Crippen molar-refractivity contribution >= 4 is 0 Å². The summed E-state index contributed by atoms with van der Waals surface area (Å²) in [5.41, 5.74) is 0. The van der Waals surface area contributed by atoms with Crippen LogP contribution >= 0.6 is 0 Å². The van der Waals surface area contributed by atoms with E-state index < -0.39 is 0 Å². The van der Waals surface area contributed by atoms with E-state index in [1.807, 2.05) is 0 Å². The molecule has 2 saturated carbocycles. The van der Waals surface area contributed by atoms with Gasteiger partial charge in [-0.05, 0) is 45.2 Å². The number of hydrogen-bond acceptors (Lipinski definition) is 2. The first-order valence-electron chi connectivity index (χ1n) is 8.25. The first-order chi connectivity index (χ1) is 8.81. The van der Waals surface area contributed by atoms with Crippen molar-refractivity contribution in [2.45, 2.75) is 76.8 Å². The Bertz CT molecular complexity index is 217. The van der Waals surface area contributed by atoms with E-state index in [1.54, 1.807) is 0 Å². The monoisotopic (exact) mass is 252 g/mol. The second-order valence-electron chi connectivity index (χ2n) is 6.44. The summed E-state index contributed by atoms with van der Waals surface area (Å²) in [4.78, 5) is 2.66. The molecule has 0 amide bonds. The molecule has 0 aromatic heterocycles. The second kappa shape index (κ2) is 7.49. The van der Waals surface area contributed by atoms with Crippen molar-refractivity contribution in [2.24, 2.45) is 5.92 Å². The standard InChI is InChI=1S/C16H32N2/c1-3-17-16(14-9-7-8-10-14)13-18(2)15-11-5-4-6-12-15/h14-17H,3-13H2,1-2H3. The topological polar surface area (TPSA) is 15.3 Å². The van der Waals surface area contributed by atoms with Crippen LogP contribution in [0.5, 0.6) is 0 Å². The molecule has 18 heavy (non-hydrogen) atoms. The summed E-state index contributed by atoms with van der Waals surface area (Å²) >= 11 is 0. The maximum absolute atomic E-state index is 3.75. The first-order valence-corrected chi connectivity index (χ1v) is 8.25. The lowest BCUT2D eigenvalue weighted by Gasteiger charge is -2.36. The third kappa shape index (κ3) is 3.96. The van der Waals surface area contributed by atoms with Gasteiger partial charge in [0.05, 0.1) is 0 Å². The zero-order valence-electron chi connectivity index (χ0n) is 12.5.